The Kier molecular flexibility index (Phi) is 3.07. The fourth-order valence-electron chi connectivity index (χ4n) is 1.38. The van der Waals surface area contributed by atoms with E-state index in [0.717, 1.165) is 11.1 Å². The second kappa shape index (κ2) is 4.72. The third kappa shape index (κ3) is 2.14. The van der Waals surface area contributed by atoms with Gasteiger partial charge in [-0.25, -0.2) is 9.97 Å². The van der Waals surface area contributed by atoms with Crippen LogP contribution in [0.4, 0.5) is 0 Å². The molecular weight excluding hydrogens is 292 g/mol. The predicted molar refractivity (Wildman–Crippen MR) is 70.6 cm³/mol. The van der Waals surface area contributed by atoms with Crippen LogP contribution in [0.25, 0.3) is 11.1 Å². The van der Waals surface area contributed by atoms with Crippen molar-refractivity contribution in [2.45, 2.75) is 9.56 Å². The molecule has 18 heavy (non-hydrogen) atoms. The van der Waals surface area contributed by atoms with Gasteiger partial charge in [0.15, 0.2) is 21.4 Å². The molecule has 2 heterocycles. The molecule has 4 nitrogen and oxygen atoms in total. The van der Waals surface area contributed by atoms with Gasteiger partial charge < -0.3 is 4.42 Å². The summed E-state index contributed by atoms with van der Waals surface area (Å²) in [4.78, 5) is 19.5. The summed E-state index contributed by atoms with van der Waals surface area (Å²) in [7, 11) is 0. The van der Waals surface area contributed by atoms with Gasteiger partial charge >= 0.3 is 0 Å². The molecule has 0 aliphatic carbocycles. The fourth-order valence-corrected chi connectivity index (χ4v) is 3.44. The maximum absolute atomic E-state index is 10.7. The maximum atomic E-state index is 10.7. The van der Waals surface area contributed by atoms with Gasteiger partial charge in [-0.3, -0.25) is 4.79 Å². The smallest absolute Gasteiger partial charge is 0.263 e. The molecule has 0 unspecified atom stereocenters. The van der Waals surface area contributed by atoms with E-state index in [2.05, 4.69) is 9.97 Å². The largest absolute Gasteiger partial charge is 0.431 e. The molecule has 0 saturated heterocycles. The molecule has 0 saturated carbocycles. The molecule has 7 heteroatoms. The number of benzene rings is 1. The van der Waals surface area contributed by atoms with Crippen molar-refractivity contribution in [1.82, 2.24) is 9.97 Å². The number of rotatable bonds is 3. The van der Waals surface area contributed by atoms with E-state index in [1.165, 1.54) is 23.1 Å². The second-order valence-electron chi connectivity index (χ2n) is 3.30. The molecule has 0 N–H and O–H groups in total. The molecule has 0 atom stereocenters. The first-order valence-electron chi connectivity index (χ1n) is 4.91. The van der Waals surface area contributed by atoms with Crippen molar-refractivity contribution in [3.05, 3.63) is 34.3 Å². The number of thiazole rings is 1. The van der Waals surface area contributed by atoms with Gasteiger partial charge in [0.2, 0.25) is 0 Å². The van der Waals surface area contributed by atoms with Crippen LogP contribution in [0.5, 0.6) is 0 Å². The quantitative estimate of drug-likeness (QED) is 0.686. The summed E-state index contributed by atoms with van der Waals surface area (Å²) in [6.45, 7) is 0. The highest BCUT2D eigenvalue weighted by Gasteiger charge is 2.13. The average molecular weight is 297 g/mol. The van der Waals surface area contributed by atoms with Crippen molar-refractivity contribution in [2.24, 2.45) is 0 Å². The Balaban J connectivity index is 1.93. The third-order valence-corrected chi connectivity index (χ3v) is 4.44. The summed E-state index contributed by atoms with van der Waals surface area (Å²) in [5.41, 5.74) is 1.51. The zero-order valence-electron chi connectivity index (χ0n) is 8.79. The number of oxazole rings is 1. The number of hydrogen-bond donors (Lipinski definition) is 0. The van der Waals surface area contributed by atoms with Crippen molar-refractivity contribution in [3.8, 4) is 0 Å². The maximum Gasteiger partial charge on any atom is 0.263 e. The van der Waals surface area contributed by atoms with Crippen LogP contribution in [0, 0.1) is 0 Å². The van der Waals surface area contributed by atoms with Gasteiger partial charge in [-0.2, -0.15) is 0 Å². The second-order valence-corrected chi connectivity index (χ2v) is 5.89. The first-order chi connectivity index (χ1) is 8.76. The lowest BCUT2D eigenvalue weighted by Gasteiger charge is -1.87. The lowest BCUT2D eigenvalue weighted by atomic mass is 10.3. The number of carbonyl (C=O) groups is 1. The Hall–Kier alpha value is -1.37. The van der Waals surface area contributed by atoms with Crippen LogP contribution in [0.3, 0.4) is 0 Å². The van der Waals surface area contributed by atoms with Gasteiger partial charge in [-0.15, -0.1) is 11.3 Å². The zero-order chi connectivity index (χ0) is 12.5. The van der Waals surface area contributed by atoms with Gasteiger partial charge in [-0.1, -0.05) is 23.7 Å². The van der Waals surface area contributed by atoms with E-state index < -0.39 is 0 Å². The van der Waals surface area contributed by atoms with Crippen LogP contribution in [-0.4, -0.2) is 16.3 Å². The monoisotopic (exact) mass is 296 g/mol. The fraction of sp³-hybridized carbons (Fsp3) is 0. The van der Waals surface area contributed by atoms with Crippen LogP contribution in [0.2, 0.25) is 5.15 Å². The third-order valence-electron chi connectivity index (χ3n) is 2.15. The van der Waals surface area contributed by atoms with Crippen molar-refractivity contribution in [3.63, 3.8) is 0 Å². The van der Waals surface area contributed by atoms with Crippen LogP contribution in [-0.2, 0) is 0 Å². The van der Waals surface area contributed by atoms with Crippen molar-refractivity contribution in [1.29, 1.82) is 0 Å². The number of nitrogens with zero attached hydrogens (tertiary/aromatic N) is 2. The minimum atomic E-state index is 0.216. The molecule has 1 aromatic carbocycles. The number of aromatic nitrogens is 2. The Morgan fingerprint density at radius 3 is 2.89 bits per heavy atom. The highest BCUT2D eigenvalue weighted by molar-refractivity contribution is 8.00. The molecule has 2 aromatic heterocycles. The first kappa shape index (κ1) is 11.7. The van der Waals surface area contributed by atoms with Gasteiger partial charge in [0.25, 0.3) is 5.22 Å². The summed E-state index contributed by atoms with van der Waals surface area (Å²) in [5, 5.41) is 0.702. The highest BCUT2D eigenvalue weighted by atomic mass is 35.5. The molecule has 0 aliphatic heterocycles. The van der Waals surface area contributed by atoms with Gasteiger partial charge in [0.05, 0.1) is 0 Å². The molecule has 0 fully saturated rings. The topological polar surface area (TPSA) is 56.0 Å². The molecule has 90 valence electrons. The molecule has 0 radical (unpaired) electrons. The van der Waals surface area contributed by atoms with E-state index in [0.29, 0.717) is 20.7 Å². The molecule has 0 spiro atoms. The Labute approximate surface area is 115 Å². The van der Waals surface area contributed by atoms with Crippen LogP contribution < -0.4 is 0 Å². The summed E-state index contributed by atoms with van der Waals surface area (Å²) in [6.07, 6.45) is 0.691. The zero-order valence-corrected chi connectivity index (χ0v) is 11.2. The summed E-state index contributed by atoms with van der Waals surface area (Å²) in [6, 6.07) is 7.49. The van der Waals surface area contributed by atoms with E-state index in [9.17, 15) is 4.79 Å². The van der Waals surface area contributed by atoms with Crippen LogP contribution in [0.1, 0.15) is 9.67 Å². The Morgan fingerprint density at radius 1 is 1.33 bits per heavy atom. The van der Waals surface area contributed by atoms with Crippen molar-refractivity contribution >= 4 is 52.1 Å². The SMILES string of the molecule is O=Cc1sc(Sc2nc3ccccc3o2)nc1Cl. The van der Waals surface area contributed by atoms with Crippen molar-refractivity contribution in [2.75, 3.05) is 0 Å². The minimum absolute atomic E-state index is 0.216. The number of para-hydroxylation sites is 2. The number of hydrogen-bond acceptors (Lipinski definition) is 6. The number of carbonyl (C=O) groups excluding carboxylic acids is 1. The van der Waals surface area contributed by atoms with E-state index >= 15 is 0 Å². The Morgan fingerprint density at radius 2 is 2.17 bits per heavy atom. The Bertz CT molecular complexity index is 690. The minimum Gasteiger partial charge on any atom is -0.431 e. The van der Waals surface area contributed by atoms with E-state index in [1.54, 1.807) is 0 Å². The first-order valence-corrected chi connectivity index (χ1v) is 6.92. The molecule has 3 rings (SSSR count). The predicted octanol–water partition coefficient (Wildman–Crippen LogP) is 3.90. The van der Waals surface area contributed by atoms with Gasteiger partial charge in [0, 0.05) is 11.8 Å². The number of aldehydes is 1. The molecular formula is C11H5ClN2O2S2. The lowest BCUT2D eigenvalue weighted by molar-refractivity contribution is 0.112. The molecule has 0 amide bonds. The van der Waals surface area contributed by atoms with E-state index in [-0.39, 0.29) is 5.15 Å². The lowest BCUT2D eigenvalue weighted by Crippen LogP contribution is -1.71. The van der Waals surface area contributed by atoms with Crippen LogP contribution >= 0.6 is 34.7 Å². The van der Waals surface area contributed by atoms with Gasteiger partial charge in [0.1, 0.15) is 10.4 Å². The van der Waals surface area contributed by atoms with Crippen LogP contribution in [0.15, 0.2) is 38.2 Å². The van der Waals surface area contributed by atoms with Gasteiger partial charge in [-0.05, 0) is 12.1 Å². The standard InChI is InChI=1S/C11H5ClN2O2S2/c12-9-8(5-15)17-11(14-9)18-10-13-6-3-1-2-4-7(6)16-10/h1-5H. The van der Waals surface area contributed by atoms with E-state index in [4.69, 9.17) is 16.0 Å². The highest BCUT2D eigenvalue weighted by Crippen LogP contribution is 2.34. The molecule has 3 aromatic rings. The molecule has 0 aliphatic rings. The summed E-state index contributed by atoms with van der Waals surface area (Å²) >= 11 is 8.26. The van der Waals surface area contributed by atoms with E-state index in [1.807, 2.05) is 24.3 Å². The average Bonchev–Trinajstić information content (AvgIpc) is 2.92. The summed E-state index contributed by atoms with van der Waals surface area (Å²) < 4.78 is 6.17. The summed E-state index contributed by atoms with van der Waals surface area (Å²) in [5.74, 6) is 0. The number of halogens is 1. The molecule has 0 bridgehead atoms. The number of fused-ring (bicyclic) bond motifs is 1. The van der Waals surface area contributed by atoms with Crippen molar-refractivity contribution < 1.29 is 9.21 Å². The normalized spacial score (nSPS) is 10.9.